The highest BCUT2D eigenvalue weighted by atomic mass is 32.2. The van der Waals surface area contributed by atoms with Crippen molar-refractivity contribution in [2.75, 3.05) is 7.11 Å². The van der Waals surface area contributed by atoms with Crippen LogP contribution < -0.4 is 9.46 Å². The SMILES string of the molecule is COc1ccccc1C1(NS(=O)(=O)Cc2ccccc2)CC1. The molecule has 4 nitrogen and oxygen atoms in total. The van der Waals surface area contributed by atoms with Gasteiger partial charge in [0.2, 0.25) is 10.0 Å². The number of hydrogen-bond acceptors (Lipinski definition) is 3. The molecule has 3 rings (SSSR count). The molecule has 1 fully saturated rings. The van der Waals surface area contributed by atoms with Crippen molar-refractivity contribution in [1.29, 1.82) is 0 Å². The van der Waals surface area contributed by atoms with Crippen molar-refractivity contribution >= 4 is 10.0 Å². The van der Waals surface area contributed by atoms with E-state index in [0.717, 1.165) is 29.7 Å². The molecule has 0 aromatic heterocycles. The predicted molar refractivity (Wildman–Crippen MR) is 86.1 cm³/mol. The van der Waals surface area contributed by atoms with Gasteiger partial charge in [0, 0.05) is 5.56 Å². The van der Waals surface area contributed by atoms with Crippen LogP contribution in [0, 0.1) is 0 Å². The fourth-order valence-corrected chi connectivity index (χ4v) is 4.33. The van der Waals surface area contributed by atoms with Gasteiger partial charge in [-0.25, -0.2) is 13.1 Å². The summed E-state index contributed by atoms with van der Waals surface area (Å²) in [4.78, 5) is 0. The summed E-state index contributed by atoms with van der Waals surface area (Å²) in [7, 11) is -1.80. The van der Waals surface area contributed by atoms with E-state index in [1.807, 2.05) is 54.6 Å². The summed E-state index contributed by atoms with van der Waals surface area (Å²) in [5.41, 5.74) is 1.18. The summed E-state index contributed by atoms with van der Waals surface area (Å²) in [5, 5.41) is 0. The lowest BCUT2D eigenvalue weighted by Gasteiger charge is -2.20. The lowest BCUT2D eigenvalue weighted by atomic mass is 10.1. The zero-order chi connectivity index (χ0) is 15.6. The number of rotatable bonds is 6. The molecule has 116 valence electrons. The molecular formula is C17H19NO3S. The smallest absolute Gasteiger partial charge is 0.216 e. The molecule has 22 heavy (non-hydrogen) atoms. The minimum atomic E-state index is -3.41. The van der Waals surface area contributed by atoms with Crippen molar-refractivity contribution in [3.05, 3.63) is 65.7 Å². The summed E-state index contributed by atoms with van der Waals surface area (Å²) >= 11 is 0. The Hall–Kier alpha value is -1.85. The summed E-state index contributed by atoms with van der Waals surface area (Å²) in [6.45, 7) is 0. The minimum absolute atomic E-state index is 0.00919. The molecule has 1 aliphatic carbocycles. The quantitative estimate of drug-likeness (QED) is 0.891. The van der Waals surface area contributed by atoms with Crippen LogP contribution in [0.1, 0.15) is 24.0 Å². The number of methoxy groups -OCH3 is 1. The van der Waals surface area contributed by atoms with E-state index in [4.69, 9.17) is 4.74 Å². The number of para-hydroxylation sites is 1. The number of nitrogens with one attached hydrogen (secondary N) is 1. The fraction of sp³-hybridized carbons (Fsp3) is 0.294. The Balaban J connectivity index is 1.82. The summed E-state index contributed by atoms with van der Waals surface area (Å²) < 4.78 is 33.2. The maximum atomic E-state index is 12.5. The van der Waals surface area contributed by atoms with Crippen molar-refractivity contribution in [3.8, 4) is 5.75 Å². The molecule has 2 aromatic rings. The average molecular weight is 317 g/mol. The third-order valence-electron chi connectivity index (χ3n) is 3.92. The van der Waals surface area contributed by atoms with E-state index in [-0.39, 0.29) is 5.75 Å². The number of benzene rings is 2. The summed E-state index contributed by atoms with van der Waals surface area (Å²) in [5.74, 6) is 0.715. The topological polar surface area (TPSA) is 55.4 Å². The van der Waals surface area contributed by atoms with Gasteiger partial charge in [-0.3, -0.25) is 0 Å². The Morgan fingerprint density at radius 2 is 1.68 bits per heavy atom. The van der Waals surface area contributed by atoms with E-state index >= 15 is 0 Å². The minimum Gasteiger partial charge on any atom is -0.496 e. The molecule has 0 spiro atoms. The molecule has 2 aromatic carbocycles. The predicted octanol–water partition coefficient (Wildman–Crippen LogP) is 2.80. The van der Waals surface area contributed by atoms with Gasteiger partial charge >= 0.3 is 0 Å². The van der Waals surface area contributed by atoms with Crippen molar-refractivity contribution in [1.82, 2.24) is 4.72 Å². The van der Waals surface area contributed by atoms with Crippen LogP contribution in [0.15, 0.2) is 54.6 Å². The highest BCUT2D eigenvalue weighted by Gasteiger charge is 2.48. The zero-order valence-corrected chi connectivity index (χ0v) is 13.3. The second-order valence-corrected chi connectivity index (χ2v) is 7.35. The Morgan fingerprint density at radius 1 is 1.05 bits per heavy atom. The van der Waals surface area contributed by atoms with Crippen molar-refractivity contribution in [2.45, 2.75) is 24.1 Å². The van der Waals surface area contributed by atoms with E-state index in [2.05, 4.69) is 4.72 Å². The Labute approximate surface area is 131 Å². The van der Waals surface area contributed by atoms with Gasteiger partial charge in [-0.15, -0.1) is 0 Å². The molecule has 0 unspecified atom stereocenters. The molecule has 5 heteroatoms. The number of ether oxygens (including phenoxy) is 1. The third-order valence-corrected chi connectivity index (χ3v) is 5.34. The first-order chi connectivity index (χ1) is 10.5. The molecule has 0 heterocycles. The normalized spacial score (nSPS) is 16.2. The highest BCUT2D eigenvalue weighted by molar-refractivity contribution is 7.88. The molecule has 0 saturated heterocycles. The van der Waals surface area contributed by atoms with Gasteiger partial charge in [-0.05, 0) is 24.5 Å². The average Bonchev–Trinajstić information content (AvgIpc) is 3.27. The van der Waals surface area contributed by atoms with Crippen LogP contribution in [0.2, 0.25) is 0 Å². The molecule has 0 radical (unpaired) electrons. The first-order valence-corrected chi connectivity index (χ1v) is 8.89. The van der Waals surface area contributed by atoms with Crippen LogP contribution in [-0.4, -0.2) is 15.5 Å². The maximum absolute atomic E-state index is 12.5. The van der Waals surface area contributed by atoms with E-state index in [9.17, 15) is 8.42 Å². The van der Waals surface area contributed by atoms with Crippen LogP contribution in [0.5, 0.6) is 5.75 Å². The summed E-state index contributed by atoms with van der Waals surface area (Å²) in [6, 6.07) is 16.8. The van der Waals surface area contributed by atoms with Crippen molar-refractivity contribution in [3.63, 3.8) is 0 Å². The van der Waals surface area contributed by atoms with Gasteiger partial charge in [0.05, 0.1) is 18.4 Å². The molecule has 1 N–H and O–H groups in total. The highest BCUT2D eigenvalue weighted by Crippen LogP contribution is 2.49. The first kappa shape index (κ1) is 15.1. The zero-order valence-electron chi connectivity index (χ0n) is 12.5. The Kier molecular flexibility index (Phi) is 3.93. The van der Waals surface area contributed by atoms with Gasteiger partial charge < -0.3 is 4.74 Å². The van der Waals surface area contributed by atoms with Gasteiger partial charge in [-0.2, -0.15) is 0 Å². The van der Waals surface area contributed by atoms with Crippen molar-refractivity contribution in [2.24, 2.45) is 0 Å². The number of sulfonamides is 1. The second kappa shape index (κ2) is 5.74. The van der Waals surface area contributed by atoms with E-state index in [0.29, 0.717) is 0 Å². The third kappa shape index (κ3) is 3.15. The monoisotopic (exact) mass is 317 g/mol. The second-order valence-electron chi connectivity index (χ2n) is 5.63. The lowest BCUT2D eigenvalue weighted by molar-refractivity contribution is 0.401. The van der Waals surface area contributed by atoms with E-state index < -0.39 is 15.6 Å². The fourth-order valence-electron chi connectivity index (χ4n) is 2.72. The number of hydrogen-bond donors (Lipinski definition) is 1. The molecule has 0 bridgehead atoms. The lowest BCUT2D eigenvalue weighted by Crippen LogP contribution is -2.35. The maximum Gasteiger partial charge on any atom is 0.216 e. The van der Waals surface area contributed by atoms with E-state index in [1.165, 1.54) is 0 Å². The van der Waals surface area contributed by atoms with Crippen LogP contribution in [0.25, 0.3) is 0 Å². The van der Waals surface area contributed by atoms with E-state index in [1.54, 1.807) is 7.11 Å². The molecule has 1 saturated carbocycles. The van der Waals surface area contributed by atoms with Gasteiger partial charge in [0.1, 0.15) is 5.75 Å². The van der Waals surface area contributed by atoms with Gasteiger partial charge in [-0.1, -0.05) is 48.5 Å². The molecule has 0 aliphatic heterocycles. The standard InChI is InChI=1S/C17H19NO3S/c1-21-16-10-6-5-9-15(16)17(11-12-17)18-22(19,20)13-14-7-3-2-4-8-14/h2-10,18H,11-13H2,1H3. The van der Waals surface area contributed by atoms with Gasteiger partial charge in [0.15, 0.2) is 0 Å². The largest absolute Gasteiger partial charge is 0.496 e. The van der Waals surface area contributed by atoms with Crippen molar-refractivity contribution < 1.29 is 13.2 Å². The van der Waals surface area contributed by atoms with Crippen LogP contribution in [-0.2, 0) is 21.3 Å². The molecule has 1 aliphatic rings. The molecular weight excluding hydrogens is 298 g/mol. The van der Waals surface area contributed by atoms with Crippen LogP contribution >= 0.6 is 0 Å². The first-order valence-electron chi connectivity index (χ1n) is 7.24. The molecule has 0 atom stereocenters. The summed E-state index contributed by atoms with van der Waals surface area (Å²) in [6.07, 6.45) is 1.59. The Morgan fingerprint density at radius 3 is 2.32 bits per heavy atom. The molecule has 0 amide bonds. The Bertz CT molecular complexity index is 752. The van der Waals surface area contributed by atoms with Crippen LogP contribution in [0.4, 0.5) is 0 Å². The van der Waals surface area contributed by atoms with Gasteiger partial charge in [0.25, 0.3) is 0 Å². The van der Waals surface area contributed by atoms with Crippen LogP contribution in [0.3, 0.4) is 0 Å².